The molecule has 1 fully saturated rings. The first kappa shape index (κ1) is 21.5. The molecule has 0 radical (unpaired) electrons. The third kappa shape index (κ3) is 7.41. The van der Waals surface area contributed by atoms with Crippen LogP contribution in [0.5, 0.6) is 0 Å². The van der Waals surface area contributed by atoms with E-state index < -0.39 is 0 Å². The molecular weight excluding hydrogens is 341 g/mol. The van der Waals surface area contributed by atoms with E-state index in [0.717, 1.165) is 62.5 Å². The quantitative estimate of drug-likeness (QED) is 0.453. The van der Waals surface area contributed by atoms with Crippen LogP contribution in [-0.4, -0.2) is 41.1 Å². The molecule has 0 atom stereocenters. The summed E-state index contributed by atoms with van der Waals surface area (Å²) in [5, 5.41) is 0. The molecule has 27 heavy (non-hydrogen) atoms. The lowest BCUT2D eigenvalue weighted by Crippen LogP contribution is -2.36. The average molecular weight is 376 g/mol. The highest BCUT2D eigenvalue weighted by Crippen LogP contribution is 2.21. The van der Waals surface area contributed by atoms with Crippen molar-refractivity contribution >= 4 is 0 Å². The van der Waals surface area contributed by atoms with E-state index in [2.05, 4.69) is 20.9 Å². The van der Waals surface area contributed by atoms with Gasteiger partial charge in [0.2, 0.25) is 0 Å². The van der Waals surface area contributed by atoms with Gasteiger partial charge < -0.3 is 9.64 Å². The minimum absolute atomic E-state index is 0.160. The summed E-state index contributed by atoms with van der Waals surface area (Å²) in [5.74, 6) is 1.60. The molecule has 1 aromatic heterocycles. The SMILES string of the molecule is CC/C=C\C(OCC1CCN(CCc2cc(C)nc(C)n2)CC1)=C(\F)CC. The molecule has 1 aliphatic heterocycles. The normalized spacial score (nSPS) is 17.4. The Bertz CT molecular complexity index is 629. The fraction of sp³-hybridized carbons (Fsp3) is 0.636. The molecule has 4 nitrogen and oxygen atoms in total. The molecule has 0 spiro atoms. The molecule has 150 valence electrons. The molecule has 0 aromatic carbocycles. The zero-order valence-corrected chi connectivity index (χ0v) is 17.3. The first-order valence-electron chi connectivity index (χ1n) is 10.2. The number of rotatable bonds is 9. The molecule has 0 amide bonds. The van der Waals surface area contributed by atoms with Gasteiger partial charge in [0.1, 0.15) is 17.4 Å². The molecule has 0 saturated carbocycles. The lowest BCUT2D eigenvalue weighted by Gasteiger charge is -2.31. The van der Waals surface area contributed by atoms with Gasteiger partial charge in [-0.1, -0.05) is 19.9 Å². The van der Waals surface area contributed by atoms with E-state index in [4.69, 9.17) is 4.74 Å². The standard InChI is InChI=1S/C22H34FN3O/c1-5-7-8-22(21(23)6-2)27-16-19-9-12-26(13-10-19)14-11-20-15-17(3)24-18(4)25-20/h7-8,15,19H,5-6,9-14,16H2,1-4H3/b8-7-,22-21-. The van der Waals surface area contributed by atoms with Crippen LogP contribution in [0.25, 0.3) is 0 Å². The Morgan fingerprint density at radius 2 is 2.00 bits per heavy atom. The van der Waals surface area contributed by atoms with Gasteiger partial charge in [-0.3, -0.25) is 0 Å². The van der Waals surface area contributed by atoms with Gasteiger partial charge in [-0.2, -0.15) is 0 Å². The van der Waals surface area contributed by atoms with Crippen molar-refractivity contribution < 1.29 is 9.13 Å². The Hall–Kier alpha value is -1.75. The molecular formula is C22H34FN3O. The fourth-order valence-electron chi connectivity index (χ4n) is 3.39. The zero-order valence-electron chi connectivity index (χ0n) is 17.3. The van der Waals surface area contributed by atoms with Crippen molar-refractivity contribution in [2.45, 2.75) is 59.8 Å². The predicted molar refractivity (Wildman–Crippen MR) is 108 cm³/mol. The van der Waals surface area contributed by atoms with Crippen LogP contribution in [0.4, 0.5) is 4.39 Å². The van der Waals surface area contributed by atoms with E-state index in [1.165, 1.54) is 0 Å². The van der Waals surface area contributed by atoms with Crippen LogP contribution in [0.15, 0.2) is 29.8 Å². The predicted octanol–water partition coefficient (Wildman–Crippen LogP) is 4.92. The van der Waals surface area contributed by atoms with Gasteiger partial charge >= 0.3 is 0 Å². The van der Waals surface area contributed by atoms with Crippen LogP contribution in [0.2, 0.25) is 0 Å². The van der Waals surface area contributed by atoms with E-state index in [0.29, 0.717) is 24.7 Å². The van der Waals surface area contributed by atoms with Gasteiger partial charge in [-0.15, -0.1) is 0 Å². The van der Waals surface area contributed by atoms with Gasteiger partial charge in [0.15, 0.2) is 0 Å². The Kier molecular flexibility index (Phi) is 8.92. The second-order valence-corrected chi connectivity index (χ2v) is 7.33. The van der Waals surface area contributed by atoms with E-state index in [1.807, 2.05) is 33.8 Å². The number of aromatic nitrogens is 2. The van der Waals surface area contributed by atoms with Crippen LogP contribution in [0, 0.1) is 19.8 Å². The number of hydrogen-bond acceptors (Lipinski definition) is 4. The van der Waals surface area contributed by atoms with Crippen molar-refractivity contribution in [3.63, 3.8) is 0 Å². The van der Waals surface area contributed by atoms with Gasteiger partial charge in [-0.25, -0.2) is 14.4 Å². The van der Waals surface area contributed by atoms with Crippen LogP contribution in [0.3, 0.4) is 0 Å². The number of allylic oxidation sites excluding steroid dienone is 3. The molecule has 5 heteroatoms. The summed E-state index contributed by atoms with van der Waals surface area (Å²) < 4.78 is 19.7. The number of hydrogen-bond donors (Lipinski definition) is 0. The molecule has 2 heterocycles. The Morgan fingerprint density at radius 3 is 2.63 bits per heavy atom. The first-order chi connectivity index (χ1) is 13.0. The third-order valence-electron chi connectivity index (χ3n) is 4.97. The van der Waals surface area contributed by atoms with E-state index in [9.17, 15) is 4.39 Å². The molecule has 1 saturated heterocycles. The lowest BCUT2D eigenvalue weighted by atomic mass is 9.97. The second kappa shape index (κ2) is 11.2. The van der Waals surface area contributed by atoms with E-state index >= 15 is 0 Å². The minimum Gasteiger partial charge on any atom is -0.491 e. The number of halogens is 1. The molecule has 0 unspecified atom stereocenters. The van der Waals surface area contributed by atoms with Crippen molar-refractivity contribution in [3.8, 4) is 0 Å². The van der Waals surface area contributed by atoms with Gasteiger partial charge in [0.25, 0.3) is 0 Å². The summed E-state index contributed by atoms with van der Waals surface area (Å²) in [6.45, 7) is 11.6. The van der Waals surface area contributed by atoms with E-state index in [-0.39, 0.29) is 5.83 Å². The number of aryl methyl sites for hydroxylation is 2. The number of nitrogens with zero attached hydrogens (tertiary/aromatic N) is 3. The fourth-order valence-corrected chi connectivity index (χ4v) is 3.39. The summed E-state index contributed by atoms with van der Waals surface area (Å²) in [6, 6.07) is 2.08. The minimum atomic E-state index is -0.160. The highest BCUT2D eigenvalue weighted by molar-refractivity contribution is 5.15. The monoisotopic (exact) mass is 375 g/mol. The third-order valence-corrected chi connectivity index (χ3v) is 4.97. The highest BCUT2D eigenvalue weighted by Gasteiger charge is 2.20. The second-order valence-electron chi connectivity index (χ2n) is 7.33. The number of ether oxygens (including phenoxy) is 1. The van der Waals surface area contributed by atoms with Gasteiger partial charge in [-0.05, 0) is 64.3 Å². The summed E-state index contributed by atoms with van der Waals surface area (Å²) in [7, 11) is 0. The van der Waals surface area contributed by atoms with Crippen molar-refractivity contribution in [1.29, 1.82) is 0 Å². The maximum atomic E-state index is 13.9. The molecule has 2 rings (SSSR count). The zero-order chi connectivity index (χ0) is 19.6. The van der Waals surface area contributed by atoms with Crippen molar-refractivity contribution in [3.05, 3.63) is 47.0 Å². The molecule has 0 N–H and O–H groups in total. The average Bonchev–Trinajstić information content (AvgIpc) is 2.66. The smallest absolute Gasteiger partial charge is 0.150 e. The molecule has 0 aliphatic carbocycles. The summed E-state index contributed by atoms with van der Waals surface area (Å²) in [5.41, 5.74) is 2.16. The molecule has 1 aliphatic rings. The van der Waals surface area contributed by atoms with Gasteiger partial charge in [0.05, 0.1) is 6.61 Å². The van der Waals surface area contributed by atoms with Crippen LogP contribution >= 0.6 is 0 Å². The highest BCUT2D eigenvalue weighted by atomic mass is 19.1. The summed E-state index contributed by atoms with van der Waals surface area (Å²) >= 11 is 0. The van der Waals surface area contributed by atoms with Crippen molar-refractivity contribution in [2.24, 2.45) is 5.92 Å². The van der Waals surface area contributed by atoms with Crippen LogP contribution < -0.4 is 0 Å². The Balaban J connectivity index is 1.75. The maximum Gasteiger partial charge on any atom is 0.150 e. The largest absolute Gasteiger partial charge is 0.491 e. The van der Waals surface area contributed by atoms with Crippen molar-refractivity contribution in [2.75, 3.05) is 26.2 Å². The summed E-state index contributed by atoms with van der Waals surface area (Å²) in [4.78, 5) is 11.4. The molecule has 1 aromatic rings. The number of likely N-dealkylation sites (tertiary alicyclic amines) is 1. The lowest BCUT2D eigenvalue weighted by molar-refractivity contribution is 0.108. The maximum absolute atomic E-state index is 13.9. The molecule has 0 bridgehead atoms. The van der Waals surface area contributed by atoms with Crippen LogP contribution in [0.1, 0.15) is 56.7 Å². The summed E-state index contributed by atoms with van der Waals surface area (Å²) in [6.07, 6.45) is 8.14. The van der Waals surface area contributed by atoms with Crippen molar-refractivity contribution in [1.82, 2.24) is 14.9 Å². The topological polar surface area (TPSA) is 38.2 Å². The number of piperidine rings is 1. The Labute approximate surface area is 163 Å². The Morgan fingerprint density at radius 1 is 1.26 bits per heavy atom. The van der Waals surface area contributed by atoms with Crippen LogP contribution in [-0.2, 0) is 11.2 Å². The first-order valence-corrected chi connectivity index (χ1v) is 10.2. The van der Waals surface area contributed by atoms with E-state index in [1.54, 1.807) is 6.08 Å². The van der Waals surface area contributed by atoms with Gasteiger partial charge in [0, 0.05) is 30.8 Å².